The maximum Gasteiger partial charge on any atom is 0.254 e. The number of rotatable bonds is 6. The van der Waals surface area contributed by atoms with Gasteiger partial charge in [0, 0.05) is 21.2 Å². The van der Waals surface area contributed by atoms with Gasteiger partial charge in [0.1, 0.15) is 9.06 Å². The summed E-state index contributed by atoms with van der Waals surface area (Å²) < 4.78 is 8.76. The maximum atomic E-state index is 12.8. The number of carbonyl (C=O) groups is 2. The van der Waals surface area contributed by atoms with E-state index >= 15 is 0 Å². The molecule has 3 aromatic rings. The first-order chi connectivity index (χ1) is 15.3. The lowest BCUT2D eigenvalue weighted by Crippen LogP contribution is -2.37. The minimum absolute atomic E-state index is 0.166. The molecule has 1 heterocycles. The normalized spacial score (nSPS) is 12.6. The van der Waals surface area contributed by atoms with Gasteiger partial charge in [-0.1, -0.05) is 45.9 Å². The molecule has 0 aliphatic rings. The summed E-state index contributed by atoms with van der Waals surface area (Å²) in [6.07, 6.45) is 0. The molecular weight excluding hydrogens is 495 g/mol. The Labute approximate surface area is 199 Å². The first-order valence-electron chi connectivity index (χ1n) is 8.88. The molecule has 0 aliphatic heterocycles. The van der Waals surface area contributed by atoms with E-state index in [4.69, 9.17) is 32.7 Å². The van der Waals surface area contributed by atoms with Gasteiger partial charge in [0.05, 0.1) is 14.2 Å². The number of hydrogen-bond acceptors (Lipinski definition) is 8. The van der Waals surface area contributed by atoms with Crippen LogP contribution in [0.5, 0.6) is 0 Å². The highest BCUT2D eigenvalue weighted by molar-refractivity contribution is 7.14. The van der Waals surface area contributed by atoms with Crippen LogP contribution in [0.1, 0.15) is 20.7 Å². The lowest BCUT2D eigenvalue weighted by atomic mass is 10.1. The molecule has 32 heavy (non-hydrogen) atoms. The van der Waals surface area contributed by atoms with Crippen molar-refractivity contribution < 1.29 is 19.1 Å². The molecule has 3 rings (SSSR count). The van der Waals surface area contributed by atoms with Crippen LogP contribution in [0.4, 0.5) is 0 Å². The predicted molar refractivity (Wildman–Crippen MR) is 126 cm³/mol. The number of carbonyl (C=O) groups excluding carboxylic acids is 2. The molecule has 6 nitrogen and oxygen atoms in total. The first-order valence-corrected chi connectivity index (χ1v) is 11.3. The number of methoxy groups -OCH3 is 2. The Balaban J connectivity index is 2.21. The molecular formula is C22H14Cl2O6S2. The fourth-order valence-electron chi connectivity index (χ4n) is 2.68. The second-order valence-corrected chi connectivity index (χ2v) is 9.02. The van der Waals surface area contributed by atoms with Crippen LogP contribution >= 0.6 is 45.9 Å². The fourth-order valence-corrected chi connectivity index (χ4v) is 4.88. The van der Waals surface area contributed by atoms with Crippen LogP contribution in [0.3, 0.4) is 0 Å². The van der Waals surface area contributed by atoms with Crippen LogP contribution in [0.25, 0.3) is 11.5 Å². The quantitative estimate of drug-likeness (QED) is 0.475. The van der Waals surface area contributed by atoms with Crippen LogP contribution in [0.2, 0.25) is 10.0 Å². The second-order valence-electron chi connectivity index (χ2n) is 6.18. The van der Waals surface area contributed by atoms with E-state index in [1.54, 1.807) is 0 Å². The third kappa shape index (κ3) is 4.99. The van der Waals surface area contributed by atoms with Gasteiger partial charge in [0.2, 0.25) is 11.6 Å². The minimum Gasteiger partial charge on any atom is -0.491 e. The van der Waals surface area contributed by atoms with Gasteiger partial charge in [-0.3, -0.25) is 19.2 Å². The lowest BCUT2D eigenvalue weighted by molar-refractivity contribution is 0.100. The second kappa shape index (κ2) is 10.2. The van der Waals surface area contributed by atoms with Gasteiger partial charge < -0.3 is 9.47 Å². The monoisotopic (exact) mass is 508 g/mol. The van der Waals surface area contributed by atoms with Crippen LogP contribution < -0.4 is 18.5 Å². The third-order valence-electron chi connectivity index (χ3n) is 4.21. The van der Waals surface area contributed by atoms with E-state index in [-0.39, 0.29) is 31.7 Å². The van der Waals surface area contributed by atoms with Crippen LogP contribution in [0.15, 0.2) is 58.1 Å². The number of ketones is 2. The lowest BCUT2D eigenvalue weighted by Gasteiger charge is -2.06. The van der Waals surface area contributed by atoms with Crippen molar-refractivity contribution in [3.05, 3.63) is 97.8 Å². The molecule has 0 fully saturated rings. The molecule has 2 aromatic carbocycles. The van der Waals surface area contributed by atoms with Crippen LogP contribution in [-0.4, -0.2) is 25.8 Å². The summed E-state index contributed by atoms with van der Waals surface area (Å²) in [4.78, 5) is 51.3. The molecule has 0 unspecified atom stereocenters. The molecule has 0 saturated heterocycles. The topological polar surface area (TPSA) is 86.7 Å². The van der Waals surface area contributed by atoms with Gasteiger partial charge in [-0.15, -0.1) is 0 Å². The molecule has 0 atom stereocenters. The molecule has 0 radical (unpaired) electrons. The zero-order valence-corrected chi connectivity index (χ0v) is 19.8. The summed E-state index contributed by atoms with van der Waals surface area (Å²) in [5.41, 5.74) is 0.475. The largest absolute Gasteiger partial charge is 0.491 e. The van der Waals surface area contributed by atoms with Gasteiger partial charge in [0.15, 0.2) is 11.5 Å². The van der Waals surface area contributed by atoms with Gasteiger partial charge in [-0.05, 0) is 48.5 Å². The summed E-state index contributed by atoms with van der Waals surface area (Å²) in [7, 11) is 2.46. The zero-order valence-electron chi connectivity index (χ0n) is 16.6. The van der Waals surface area contributed by atoms with Crippen molar-refractivity contribution in [3.63, 3.8) is 0 Å². The first kappa shape index (κ1) is 23.9. The van der Waals surface area contributed by atoms with Gasteiger partial charge >= 0.3 is 0 Å². The van der Waals surface area contributed by atoms with E-state index < -0.39 is 21.1 Å². The summed E-state index contributed by atoms with van der Waals surface area (Å²) >= 11 is 12.7. The van der Waals surface area contributed by atoms with Gasteiger partial charge in [-0.25, -0.2) is 0 Å². The number of Topliss-reactive ketones (excluding diaryl/α,β-unsaturated/α-hetero) is 2. The van der Waals surface area contributed by atoms with Crippen molar-refractivity contribution in [1.29, 1.82) is 0 Å². The van der Waals surface area contributed by atoms with Crippen LogP contribution in [0, 0.1) is 0 Å². The highest BCUT2D eigenvalue weighted by Crippen LogP contribution is 2.15. The highest BCUT2D eigenvalue weighted by atomic mass is 35.5. The Kier molecular flexibility index (Phi) is 7.63. The van der Waals surface area contributed by atoms with Crippen molar-refractivity contribution in [2.24, 2.45) is 0 Å². The van der Waals surface area contributed by atoms with Gasteiger partial charge in [-0.2, -0.15) is 0 Å². The number of benzene rings is 2. The predicted octanol–water partition coefficient (Wildman–Crippen LogP) is 3.11. The molecule has 0 amide bonds. The Morgan fingerprint density at radius 1 is 0.656 bits per heavy atom. The van der Waals surface area contributed by atoms with E-state index in [1.807, 2.05) is 0 Å². The van der Waals surface area contributed by atoms with Crippen LogP contribution in [-0.2, 0) is 9.47 Å². The summed E-state index contributed by atoms with van der Waals surface area (Å²) in [6, 6.07) is 12.0. The van der Waals surface area contributed by atoms with Gasteiger partial charge in [0.25, 0.3) is 9.48 Å². The molecule has 0 aliphatic carbocycles. The molecule has 164 valence electrons. The summed E-state index contributed by atoms with van der Waals surface area (Å²) in [5.74, 6) is -1.70. The highest BCUT2D eigenvalue weighted by Gasteiger charge is 2.20. The summed E-state index contributed by atoms with van der Waals surface area (Å²) in [5, 5.41) is 0.878. The van der Waals surface area contributed by atoms with E-state index in [9.17, 15) is 19.2 Å². The molecule has 0 spiro atoms. The Hall–Kier alpha value is -2.78. The van der Waals surface area contributed by atoms with Crippen molar-refractivity contribution >= 4 is 69.0 Å². The number of hydrogen-bond donors (Lipinski definition) is 0. The molecule has 10 heteroatoms. The maximum absolute atomic E-state index is 12.8. The third-order valence-corrected chi connectivity index (χ3v) is 6.90. The van der Waals surface area contributed by atoms with E-state index in [0.29, 0.717) is 32.7 Å². The Bertz CT molecular complexity index is 1310. The number of halogens is 2. The Morgan fingerprint density at radius 3 is 1.25 bits per heavy atom. The molecule has 0 N–H and O–H groups in total. The molecule has 0 bridgehead atoms. The standard InChI is InChI=1S/C22H14Cl2O6S2/c1-29-17(15(25)11-3-7-13(23)8-4-11)19-21(27)32-20(22(28)31-19)18(30-2)16(26)12-5-9-14(24)10-6-12/h3-10H,1-2H3/b19-17-,20-18+. The van der Waals surface area contributed by atoms with E-state index in [0.717, 1.165) is 0 Å². The Morgan fingerprint density at radius 2 is 0.969 bits per heavy atom. The smallest absolute Gasteiger partial charge is 0.254 e. The number of ether oxygens (including phenoxy) is 2. The minimum atomic E-state index is -0.623. The fraction of sp³-hybridized carbons (Fsp3) is 0.0909. The van der Waals surface area contributed by atoms with Crippen molar-refractivity contribution in [2.45, 2.75) is 0 Å². The van der Waals surface area contributed by atoms with E-state index in [2.05, 4.69) is 0 Å². The SMILES string of the molecule is CO/C(C(=O)c1ccc(Cl)cc1)=c1\sc(=O)/c(=C(\OC)C(=O)c2ccc(Cl)cc2)sc1=O. The molecule has 1 aromatic heterocycles. The van der Waals surface area contributed by atoms with Crippen molar-refractivity contribution in [3.8, 4) is 0 Å². The average Bonchev–Trinajstić information content (AvgIpc) is 2.78. The average molecular weight is 509 g/mol. The van der Waals surface area contributed by atoms with Crippen molar-refractivity contribution in [1.82, 2.24) is 0 Å². The molecule has 0 saturated carbocycles. The van der Waals surface area contributed by atoms with Crippen molar-refractivity contribution in [2.75, 3.05) is 14.2 Å². The zero-order chi connectivity index (χ0) is 23.4. The summed E-state index contributed by atoms with van der Waals surface area (Å²) in [6.45, 7) is 0. The van der Waals surface area contributed by atoms with E-state index in [1.165, 1.54) is 62.8 Å².